The highest BCUT2D eigenvalue weighted by Crippen LogP contribution is 2.23. The van der Waals surface area contributed by atoms with Gasteiger partial charge in [-0.1, -0.05) is 38.0 Å². The number of rotatable bonds is 3. The molecule has 0 amide bonds. The Balaban J connectivity index is 0.000000149. The van der Waals surface area contributed by atoms with Crippen molar-refractivity contribution in [3.05, 3.63) is 29.8 Å². The van der Waals surface area contributed by atoms with Gasteiger partial charge in [-0.3, -0.25) is 0 Å². The van der Waals surface area contributed by atoms with Gasteiger partial charge in [0.05, 0.1) is 0 Å². The van der Waals surface area contributed by atoms with Gasteiger partial charge in [-0.05, 0) is 18.1 Å². The van der Waals surface area contributed by atoms with Crippen molar-refractivity contribution in [1.29, 1.82) is 0 Å². The molecule has 14 heavy (non-hydrogen) atoms. The molecule has 0 radical (unpaired) electrons. The van der Waals surface area contributed by atoms with E-state index in [1.807, 2.05) is 6.07 Å². The number of hydrogen-bond donors (Lipinski definition) is 2. The Hall–Kier alpha value is -1.02. The lowest BCUT2D eigenvalue weighted by molar-refractivity contribution is 0.284. The molecule has 2 heteroatoms. The third-order valence-electron chi connectivity index (χ3n) is 2.25. The highest BCUT2D eigenvalue weighted by Gasteiger charge is 2.07. The second-order valence-electron chi connectivity index (χ2n) is 3.44. The van der Waals surface area contributed by atoms with Crippen LogP contribution < -0.4 is 5.32 Å². The molecule has 0 aromatic heterocycles. The number of nitrogens with one attached hydrogen (secondary N) is 1. The fourth-order valence-electron chi connectivity index (χ4n) is 1.29. The van der Waals surface area contributed by atoms with E-state index in [4.69, 9.17) is 5.11 Å². The van der Waals surface area contributed by atoms with E-state index in [0.717, 1.165) is 19.4 Å². The van der Waals surface area contributed by atoms with Crippen LogP contribution >= 0.6 is 0 Å². The van der Waals surface area contributed by atoms with Crippen molar-refractivity contribution in [3.8, 4) is 0 Å². The molecule has 0 fully saturated rings. The minimum atomic E-state index is 0.355. The lowest BCUT2D eigenvalue weighted by Gasteiger charge is -2.19. The zero-order valence-corrected chi connectivity index (χ0v) is 8.79. The number of anilines is 1. The summed E-state index contributed by atoms with van der Waals surface area (Å²) in [6.45, 7) is 3.53. The first-order valence-corrected chi connectivity index (χ1v) is 5.31. The maximum Gasteiger partial charge on any atom is 0.0431 e. The summed E-state index contributed by atoms with van der Waals surface area (Å²) >= 11 is 0. The van der Waals surface area contributed by atoms with Gasteiger partial charge >= 0.3 is 0 Å². The van der Waals surface area contributed by atoms with E-state index < -0.39 is 0 Å². The van der Waals surface area contributed by atoms with Gasteiger partial charge in [0.1, 0.15) is 0 Å². The van der Waals surface area contributed by atoms with Crippen molar-refractivity contribution in [2.24, 2.45) is 0 Å². The molecule has 0 spiro atoms. The van der Waals surface area contributed by atoms with Gasteiger partial charge < -0.3 is 10.4 Å². The topological polar surface area (TPSA) is 32.3 Å². The van der Waals surface area contributed by atoms with E-state index in [-0.39, 0.29) is 0 Å². The molecule has 0 saturated carbocycles. The quantitative estimate of drug-likeness (QED) is 0.723. The van der Waals surface area contributed by atoms with Crippen LogP contribution in [0.25, 0.3) is 0 Å². The molecule has 2 N–H and O–H groups in total. The van der Waals surface area contributed by atoms with Crippen LogP contribution in [0.4, 0.5) is 5.69 Å². The first kappa shape index (κ1) is 11.1. The molecule has 0 unspecified atom stereocenters. The highest BCUT2D eigenvalue weighted by molar-refractivity contribution is 5.58. The minimum absolute atomic E-state index is 0.355. The summed E-state index contributed by atoms with van der Waals surface area (Å²) < 4.78 is 0. The number of fused-ring (bicyclic) bond motifs is 1. The average Bonchev–Trinajstić information content (AvgIpc) is 2.18. The third kappa shape index (κ3) is 3.38. The molecule has 0 atom stereocenters. The molecule has 1 heterocycles. The smallest absolute Gasteiger partial charge is 0.0431 e. The second kappa shape index (κ2) is 6.44. The SMILES string of the molecule is CCCCCO.c1ccc2c(c1)CN2. The van der Waals surface area contributed by atoms with Gasteiger partial charge in [0.2, 0.25) is 0 Å². The molecule has 1 aromatic carbocycles. The van der Waals surface area contributed by atoms with E-state index in [1.54, 1.807) is 0 Å². The predicted octanol–water partition coefficient (Wildman–Crippen LogP) is 2.78. The Kier molecular flexibility index (Phi) is 5.08. The summed E-state index contributed by atoms with van der Waals surface area (Å²) in [4.78, 5) is 0. The summed E-state index contributed by atoms with van der Waals surface area (Å²) in [7, 11) is 0. The Morgan fingerprint density at radius 1 is 1.29 bits per heavy atom. The molecular formula is C12H19NO. The maximum absolute atomic E-state index is 8.20. The molecule has 0 aliphatic carbocycles. The fourth-order valence-corrected chi connectivity index (χ4v) is 1.29. The van der Waals surface area contributed by atoms with Gasteiger partial charge in [-0.2, -0.15) is 0 Å². The molecule has 1 aliphatic heterocycles. The Bertz CT molecular complexity index is 233. The molecule has 2 rings (SSSR count). The van der Waals surface area contributed by atoms with Crippen LogP contribution in [0.2, 0.25) is 0 Å². The fraction of sp³-hybridized carbons (Fsp3) is 0.500. The van der Waals surface area contributed by atoms with E-state index >= 15 is 0 Å². The first-order valence-electron chi connectivity index (χ1n) is 5.31. The van der Waals surface area contributed by atoms with Crippen molar-refractivity contribution in [1.82, 2.24) is 0 Å². The summed E-state index contributed by atoms with van der Waals surface area (Å²) in [5, 5.41) is 11.4. The summed E-state index contributed by atoms with van der Waals surface area (Å²) in [5.74, 6) is 0. The van der Waals surface area contributed by atoms with Crippen molar-refractivity contribution < 1.29 is 5.11 Å². The standard InChI is InChI=1S/C7H7N.C5H12O/c1-2-4-7-6(3-1)5-8-7;1-2-3-4-5-6/h1-4,8H,5H2;6H,2-5H2,1H3. The second-order valence-corrected chi connectivity index (χ2v) is 3.44. The molecular weight excluding hydrogens is 174 g/mol. The number of hydrogen-bond acceptors (Lipinski definition) is 2. The monoisotopic (exact) mass is 193 g/mol. The van der Waals surface area contributed by atoms with Crippen molar-refractivity contribution >= 4 is 5.69 Å². The predicted molar refractivity (Wildman–Crippen MR) is 60.4 cm³/mol. The molecule has 0 bridgehead atoms. The zero-order chi connectivity index (χ0) is 10.2. The number of unbranched alkanes of at least 4 members (excludes halogenated alkanes) is 2. The van der Waals surface area contributed by atoms with Crippen molar-refractivity contribution in [2.75, 3.05) is 11.9 Å². The van der Waals surface area contributed by atoms with Crippen LogP contribution in [0, 0.1) is 0 Å². The molecule has 0 saturated heterocycles. The highest BCUT2D eigenvalue weighted by atomic mass is 16.2. The van der Waals surface area contributed by atoms with Crippen molar-refractivity contribution in [3.63, 3.8) is 0 Å². The van der Waals surface area contributed by atoms with Gasteiger partial charge in [0.15, 0.2) is 0 Å². The van der Waals surface area contributed by atoms with Crippen LogP contribution in [0.15, 0.2) is 24.3 Å². The normalized spacial score (nSPS) is 11.6. The van der Waals surface area contributed by atoms with Crippen molar-refractivity contribution in [2.45, 2.75) is 32.7 Å². The van der Waals surface area contributed by atoms with Gasteiger partial charge in [-0.15, -0.1) is 0 Å². The minimum Gasteiger partial charge on any atom is -0.396 e. The Morgan fingerprint density at radius 2 is 2.07 bits per heavy atom. The molecule has 78 valence electrons. The van der Waals surface area contributed by atoms with E-state index in [1.165, 1.54) is 17.7 Å². The van der Waals surface area contributed by atoms with Crippen LogP contribution in [0.1, 0.15) is 31.7 Å². The largest absolute Gasteiger partial charge is 0.396 e. The number of aliphatic hydroxyl groups excluding tert-OH is 1. The Labute approximate surface area is 86.0 Å². The first-order chi connectivity index (χ1) is 6.88. The maximum atomic E-state index is 8.20. The lowest BCUT2D eigenvalue weighted by Crippen LogP contribution is -2.12. The number of benzene rings is 1. The lowest BCUT2D eigenvalue weighted by atomic mass is 10.1. The van der Waals surface area contributed by atoms with E-state index in [9.17, 15) is 0 Å². The van der Waals surface area contributed by atoms with E-state index in [2.05, 4.69) is 30.4 Å². The van der Waals surface area contributed by atoms with Gasteiger partial charge in [0.25, 0.3) is 0 Å². The molecule has 1 aromatic rings. The Morgan fingerprint density at radius 3 is 2.36 bits per heavy atom. The average molecular weight is 193 g/mol. The zero-order valence-electron chi connectivity index (χ0n) is 8.79. The van der Waals surface area contributed by atoms with E-state index in [0.29, 0.717) is 6.61 Å². The number of para-hydroxylation sites is 1. The van der Waals surface area contributed by atoms with Crippen LogP contribution in [0.3, 0.4) is 0 Å². The number of aliphatic hydroxyl groups is 1. The van der Waals surface area contributed by atoms with Gasteiger partial charge in [-0.25, -0.2) is 0 Å². The summed E-state index contributed by atoms with van der Waals surface area (Å²) in [5.41, 5.74) is 2.74. The summed E-state index contributed by atoms with van der Waals surface area (Å²) in [6, 6.07) is 8.36. The van der Waals surface area contributed by atoms with Crippen LogP contribution in [0.5, 0.6) is 0 Å². The van der Waals surface area contributed by atoms with Crippen LogP contribution in [-0.2, 0) is 6.54 Å². The molecule has 2 nitrogen and oxygen atoms in total. The summed E-state index contributed by atoms with van der Waals surface area (Å²) in [6.07, 6.45) is 3.33. The molecule has 1 aliphatic rings. The van der Waals surface area contributed by atoms with Crippen LogP contribution in [-0.4, -0.2) is 11.7 Å². The van der Waals surface area contributed by atoms with Gasteiger partial charge in [0, 0.05) is 18.8 Å². The third-order valence-corrected chi connectivity index (χ3v) is 2.25.